The van der Waals surface area contributed by atoms with E-state index >= 15 is 0 Å². The first-order valence-electron chi connectivity index (χ1n) is 13.1. The van der Waals surface area contributed by atoms with Gasteiger partial charge >= 0.3 is 5.69 Å². The Labute approximate surface area is 234 Å². The maximum absolute atomic E-state index is 13.5. The lowest BCUT2D eigenvalue weighted by Crippen LogP contribution is -2.45. The van der Waals surface area contributed by atoms with Crippen molar-refractivity contribution in [3.63, 3.8) is 0 Å². The first-order chi connectivity index (χ1) is 19.3. The standard InChI is InChI=1S/C28H27N5O5S2/c34-23(12-11-21-17-20-18-30-22-9-4-10-24(39-21)33(20)22)29-13-5-14-31-26(35)25(19-7-2-1-3-8-19)27-32(28(31)36)15-6-16-40(27,37)38/h1-4,7-10,17-18H,5-6,11-16H2,(H,29,34). The smallest absolute Gasteiger partial charge is 0.332 e. The molecule has 1 amide bonds. The van der Waals surface area contributed by atoms with E-state index in [0.717, 1.165) is 25.8 Å². The fourth-order valence-electron chi connectivity index (χ4n) is 5.21. The molecule has 10 nitrogen and oxygen atoms in total. The Bertz CT molecular complexity index is 1890. The molecular formula is C28H27N5O5S2. The van der Waals surface area contributed by atoms with Crippen molar-refractivity contribution < 1.29 is 13.2 Å². The number of aromatic nitrogens is 4. The molecule has 0 fully saturated rings. The van der Waals surface area contributed by atoms with Gasteiger partial charge in [0.2, 0.25) is 5.91 Å². The molecule has 0 bridgehead atoms. The molecule has 12 heteroatoms. The van der Waals surface area contributed by atoms with Crippen LogP contribution >= 0.6 is 11.8 Å². The van der Waals surface area contributed by atoms with Crippen LogP contribution in [-0.4, -0.2) is 45.1 Å². The van der Waals surface area contributed by atoms with Crippen LogP contribution in [0.3, 0.4) is 0 Å². The monoisotopic (exact) mass is 577 g/mol. The van der Waals surface area contributed by atoms with Gasteiger partial charge in [-0.05, 0) is 47.9 Å². The summed E-state index contributed by atoms with van der Waals surface area (Å²) in [6, 6.07) is 14.5. The predicted octanol–water partition coefficient (Wildman–Crippen LogP) is 2.94. The number of sulfone groups is 1. The maximum atomic E-state index is 13.5. The lowest BCUT2D eigenvalue weighted by molar-refractivity contribution is -0.121. The van der Waals surface area contributed by atoms with Gasteiger partial charge in [-0.25, -0.2) is 18.2 Å². The van der Waals surface area contributed by atoms with Gasteiger partial charge in [-0.3, -0.25) is 23.1 Å². The predicted molar refractivity (Wildman–Crippen MR) is 153 cm³/mol. The Kier molecular flexibility index (Phi) is 6.97. The number of nitrogens with zero attached hydrogens (tertiary/aromatic N) is 4. The highest BCUT2D eigenvalue weighted by Crippen LogP contribution is 2.36. The van der Waals surface area contributed by atoms with Crippen LogP contribution in [-0.2, 0) is 27.7 Å². The molecule has 1 N–H and O–H groups in total. The summed E-state index contributed by atoms with van der Waals surface area (Å²) >= 11 is 1.62. The quantitative estimate of drug-likeness (QED) is 0.252. The van der Waals surface area contributed by atoms with Gasteiger partial charge in [0.05, 0.1) is 28.2 Å². The Morgan fingerprint density at radius 3 is 2.73 bits per heavy atom. The van der Waals surface area contributed by atoms with E-state index in [1.807, 2.05) is 30.5 Å². The van der Waals surface area contributed by atoms with Crippen molar-refractivity contribution in [2.24, 2.45) is 0 Å². The summed E-state index contributed by atoms with van der Waals surface area (Å²) in [5, 5.41) is 3.74. The number of carbonyl (C=O) groups is 1. The van der Waals surface area contributed by atoms with E-state index in [4.69, 9.17) is 0 Å². The number of thioether (sulfide) groups is 1. The van der Waals surface area contributed by atoms with Crippen molar-refractivity contribution in [2.75, 3.05) is 12.3 Å². The minimum absolute atomic E-state index is 0.0271. The second-order valence-corrected chi connectivity index (χ2v) is 12.9. The molecule has 0 aliphatic carbocycles. The molecule has 0 saturated carbocycles. The van der Waals surface area contributed by atoms with Crippen LogP contribution in [0.4, 0.5) is 0 Å². The van der Waals surface area contributed by atoms with E-state index in [2.05, 4.69) is 14.7 Å². The number of carbonyl (C=O) groups excluding carboxylic acids is 1. The molecule has 5 heterocycles. The van der Waals surface area contributed by atoms with Gasteiger partial charge in [-0.15, -0.1) is 0 Å². The molecular weight excluding hydrogens is 550 g/mol. The third kappa shape index (κ3) is 4.81. The number of amides is 1. The lowest BCUT2D eigenvalue weighted by atomic mass is 10.1. The number of rotatable bonds is 8. The molecule has 4 aromatic rings. The Morgan fingerprint density at radius 2 is 1.90 bits per heavy atom. The third-order valence-electron chi connectivity index (χ3n) is 7.08. The highest BCUT2D eigenvalue weighted by atomic mass is 32.2. The van der Waals surface area contributed by atoms with Crippen LogP contribution in [0.2, 0.25) is 0 Å². The molecule has 0 atom stereocenters. The van der Waals surface area contributed by atoms with Crippen LogP contribution in [0.25, 0.3) is 22.9 Å². The molecule has 40 heavy (non-hydrogen) atoms. The zero-order valence-electron chi connectivity index (χ0n) is 21.6. The van der Waals surface area contributed by atoms with Crippen LogP contribution in [0.15, 0.2) is 79.3 Å². The van der Waals surface area contributed by atoms with E-state index < -0.39 is 21.1 Å². The van der Waals surface area contributed by atoms with Crippen molar-refractivity contribution in [2.45, 2.75) is 48.8 Å². The first-order valence-corrected chi connectivity index (χ1v) is 15.6. The summed E-state index contributed by atoms with van der Waals surface area (Å²) in [5.41, 5.74) is 1.10. The molecule has 3 aromatic heterocycles. The highest BCUT2D eigenvalue weighted by molar-refractivity contribution is 8.03. The normalized spacial score (nSPS) is 15.4. The molecule has 1 aromatic carbocycles. The van der Waals surface area contributed by atoms with Crippen molar-refractivity contribution in [3.05, 3.63) is 86.2 Å². The van der Waals surface area contributed by atoms with Gasteiger partial charge in [0.25, 0.3) is 5.56 Å². The van der Waals surface area contributed by atoms with Crippen molar-refractivity contribution in [1.82, 2.24) is 23.8 Å². The number of allylic oxidation sites excluding steroid dienone is 1. The maximum Gasteiger partial charge on any atom is 0.332 e. The number of nitrogens with one attached hydrogen (secondary N) is 1. The summed E-state index contributed by atoms with van der Waals surface area (Å²) < 4.78 is 30.2. The van der Waals surface area contributed by atoms with Gasteiger partial charge in [-0.1, -0.05) is 48.2 Å². The molecule has 206 valence electrons. The van der Waals surface area contributed by atoms with Gasteiger partial charge < -0.3 is 5.32 Å². The zero-order valence-corrected chi connectivity index (χ0v) is 23.2. The molecule has 0 unspecified atom stereocenters. The average Bonchev–Trinajstić information content (AvgIpc) is 3.36. The SMILES string of the molecule is O=C(CCC1=Cc2cnc3cccc(n23)S1)NCCCn1c(=O)c(-c2ccccc2)c2n(c1=O)CCCS2(=O)=O. The van der Waals surface area contributed by atoms with Crippen molar-refractivity contribution in [1.29, 1.82) is 0 Å². The van der Waals surface area contributed by atoms with E-state index in [-0.39, 0.29) is 41.9 Å². The lowest BCUT2D eigenvalue weighted by Gasteiger charge is -2.23. The van der Waals surface area contributed by atoms with Gasteiger partial charge in [0, 0.05) is 26.1 Å². The Hall–Kier alpha value is -3.90. The Morgan fingerprint density at radius 1 is 1.07 bits per heavy atom. The molecule has 0 spiro atoms. The largest absolute Gasteiger partial charge is 0.356 e. The average molecular weight is 578 g/mol. The van der Waals surface area contributed by atoms with Crippen LogP contribution in [0, 0.1) is 0 Å². The Balaban J connectivity index is 1.12. The summed E-state index contributed by atoms with van der Waals surface area (Å²) in [6.07, 6.45) is 5.41. The number of fused-ring (bicyclic) bond motifs is 1. The number of benzene rings is 1. The molecule has 0 radical (unpaired) electrons. The van der Waals surface area contributed by atoms with Gasteiger partial charge in [-0.2, -0.15) is 0 Å². The van der Waals surface area contributed by atoms with E-state index in [0.29, 0.717) is 31.2 Å². The number of pyridine rings is 1. The number of hydrogen-bond donors (Lipinski definition) is 1. The van der Waals surface area contributed by atoms with Crippen LogP contribution < -0.4 is 16.6 Å². The fraction of sp³-hybridized carbons (Fsp3) is 0.286. The number of imidazole rings is 1. The fourth-order valence-corrected chi connectivity index (χ4v) is 8.03. The van der Waals surface area contributed by atoms with Gasteiger partial charge in [0.15, 0.2) is 14.9 Å². The summed E-state index contributed by atoms with van der Waals surface area (Å²) in [7, 11) is -3.78. The van der Waals surface area contributed by atoms with Crippen LogP contribution in [0.5, 0.6) is 0 Å². The summed E-state index contributed by atoms with van der Waals surface area (Å²) in [4.78, 5) is 44.7. The van der Waals surface area contributed by atoms with E-state index in [9.17, 15) is 22.8 Å². The van der Waals surface area contributed by atoms with Crippen LogP contribution in [0.1, 0.15) is 31.4 Å². The molecule has 0 saturated heterocycles. The topological polar surface area (TPSA) is 125 Å². The van der Waals surface area contributed by atoms with Crippen molar-refractivity contribution >= 4 is 39.2 Å². The second-order valence-electron chi connectivity index (χ2n) is 9.77. The molecule has 6 rings (SSSR count). The van der Waals surface area contributed by atoms with Crippen molar-refractivity contribution in [3.8, 4) is 11.1 Å². The zero-order chi connectivity index (χ0) is 27.9. The summed E-state index contributed by atoms with van der Waals surface area (Å²) in [5.74, 6) is -0.222. The summed E-state index contributed by atoms with van der Waals surface area (Å²) in [6.45, 7) is 0.574. The second kappa shape index (κ2) is 10.6. The third-order valence-corrected chi connectivity index (χ3v) is 10.0. The van der Waals surface area contributed by atoms with Gasteiger partial charge in [0.1, 0.15) is 5.65 Å². The highest BCUT2D eigenvalue weighted by Gasteiger charge is 2.32. The minimum atomic E-state index is -3.78. The number of hydrogen-bond acceptors (Lipinski definition) is 7. The molecule has 2 aliphatic rings. The van der Waals surface area contributed by atoms with E-state index in [1.165, 1.54) is 4.57 Å². The minimum Gasteiger partial charge on any atom is -0.356 e. The molecule has 2 aliphatic heterocycles. The van der Waals surface area contributed by atoms with E-state index in [1.54, 1.807) is 42.1 Å². The first kappa shape index (κ1) is 26.3.